The quantitative estimate of drug-likeness (QED) is 0.333. The third-order valence-electron chi connectivity index (χ3n) is 6.12. The second-order valence-corrected chi connectivity index (χ2v) is 8.41. The minimum absolute atomic E-state index is 0.166. The molecule has 0 saturated heterocycles. The number of furan rings is 1. The van der Waals surface area contributed by atoms with Gasteiger partial charge in [0.2, 0.25) is 11.7 Å². The molecule has 0 radical (unpaired) electrons. The molecule has 5 aromatic rings. The molecule has 186 valence electrons. The van der Waals surface area contributed by atoms with Gasteiger partial charge in [0.15, 0.2) is 5.76 Å². The Morgan fingerprint density at radius 3 is 2.59 bits per heavy atom. The predicted molar refractivity (Wildman–Crippen MR) is 139 cm³/mol. The summed E-state index contributed by atoms with van der Waals surface area (Å²) in [6.45, 7) is 1.59. The van der Waals surface area contributed by atoms with E-state index in [1.807, 2.05) is 0 Å². The minimum atomic E-state index is -0.403. The van der Waals surface area contributed by atoms with E-state index in [1.54, 1.807) is 67.6 Å². The van der Waals surface area contributed by atoms with E-state index in [0.717, 1.165) is 5.39 Å². The molecule has 9 nitrogen and oxygen atoms in total. The fourth-order valence-corrected chi connectivity index (χ4v) is 4.21. The average molecular weight is 498 g/mol. The Labute approximate surface area is 211 Å². The Hall–Kier alpha value is -4.92. The van der Waals surface area contributed by atoms with Crippen molar-refractivity contribution >= 4 is 39.2 Å². The fourth-order valence-electron chi connectivity index (χ4n) is 4.21. The Balaban J connectivity index is 1.40. The molecule has 0 fully saturated rings. The van der Waals surface area contributed by atoms with Crippen molar-refractivity contribution in [2.45, 2.75) is 13.5 Å². The highest BCUT2D eigenvalue weighted by Gasteiger charge is 2.23. The number of anilines is 1. The summed E-state index contributed by atoms with van der Waals surface area (Å²) in [5, 5.41) is 3.95. The number of para-hydroxylation sites is 1. The number of hydrogen-bond donors (Lipinski definition) is 1. The molecule has 0 saturated carbocycles. The van der Waals surface area contributed by atoms with Crippen molar-refractivity contribution in [2.75, 3.05) is 19.5 Å². The number of hydrogen-bond acceptors (Lipinski definition) is 7. The Bertz CT molecular complexity index is 1730. The van der Waals surface area contributed by atoms with Crippen LogP contribution in [-0.2, 0) is 11.3 Å². The van der Waals surface area contributed by atoms with Crippen molar-refractivity contribution < 1.29 is 23.5 Å². The molecule has 9 heteroatoms. The molecule has 2 aromatic heterocycles. The van der Waals surface area contributed by atoms with Crippen molar-refractivity contribution in [3.8, 4) is 11.5 Å². The summed E-state index contributed by atoms with van der Waals surface area (Å²) in [5.41, 5.74) is 2.15. The predicted octanol–water partition coefficient (Wildman–Crippen LogP) is 4.34. The van der Waals surface area contributed by atoms with Gasteiger partial charge in [-0.15, -0.1) is 0 Å². The minimum Gasteiger partial charge on any atom is -0.497 e. The SMILES string of the molecule is COc1ccc(OC)c(C(=O)c2oc3cc(NC(=O)Cn4cnc5ccccc5c4=O)ccc3c2C)c1. The zero-order chi connectivity index (χ0) is 26.1. The van der Waals surface area contributed by atoms with Crippen LogP contribution in [0.25, 0.3) is 21.9 Å². The molecule has 37 heavy (non-hydrogen) atoms. The third kappa shape index (κ3) is 4.42. The summed E-state index contributed by atoms with van der Waals surface area (Å²) in [7, 11) is 3.01. The van der Waals surface area contributed by atoms with E-state index in [1.165, 1.54) is 25.1 Å². The monoisotopic (exact) mass is 497 g/mol. The van der Waals surface area contributed by atoms with Crippen LogP contribution in [0.2, 0.25) is 0 Å². The van der Waals surface area contributed by atoms with Crippen LogP contribution in [0.4, 0.5) is 5.69 Å². The number of amides is 1. The normalized spacial score (nSPS) is 11.0. The molecule has 5 rings (SSSR count). The van der Waals surface area contributed by atoms with Crippen LogP contribution in [0.1, 0.15) is 21.7 Å². The van der Waals surface area contributed by atoms with Crippen LogP contribution in [0.15, 0.2) is 76.2 Å². The lowest BCUT2D eigenvalue weighted by Gasteiger charge is -2.08. The van der Waals surface area contributed by atoms with Gasteiger partial charge in [0.25, 0.3) is 5.56 Å². The van der Waals surface area contributed by atoms with E-state index in [0.29, 0.717) is 44.8 Å². The molecule has 0 unspecified atom stereocenters. The van der Waals surface area contributed by atoms with Crippen LogP contribution in [0.3, 0.4) is 0 Å². The number of carbonyl (C=O) groups excluding carboxylic acids is 2. The van der Waals surface area contributed by atoms with Gasteiger partial charge < -0.3 is 19.2 Å². The second-order valence-electron chi connectivity index (χ2n) is 8.41. The zero-order valence-electron chi connectivity index (χ0n) is 20.4. The van der Waals surface area contributed by atoms with Crippen LogP contribution in [-0.4, -0.2) is 35.5 Å². The number of ketones is 1. The first kappa shape index (κ1) is 23.8. The summed E-state index contributed by atoms with van der Waals surface area (Å²) in [6, 6.07) is 17.1. The molecule has 0 atom stereocenters. The number of carbonyl (C=O) groups is 2. The van der Waals surface area contributed by atoms with Crippen LogP contribution >= 0.6 is 0 Å². The number of methoxy groups -OCH3 is 2. The van der Waals surface area contributed by atoms with Crippen molar-refractivity contribution in [1.82, 2.24) is 9.55 Å². The van der Waals surface area contributed by atoms with Crippen LogP contribution in [0.5, 0.6) is 11.5 Å². The van der Waals surface area contributed by atoms with Crippen molar-refractivity contribution in [3.05, 3.63) is 94.2 Å². The molecule has 0 aliphatic carbocycles. The maximum atomic E-state index is 13.3. The van der Waals surface area contributed by atoms with Crippen molar-refractivity contribution in [1.29, 1.82) is 0 Å². The first-order valence-corrected chi connectivity index (χ1v) is 11.4. The Kier molecular flexibility index (Phi) is 6.19. The van der Waals surface area contributed by atoms with E-state index in [4.69, 9.17) is 13.9 Å². The van der Waals surface area contributed by atoms with Gasteiger partial charge in [-0.3, -0.25) is 19.0 Å². The average Bonchev–Trinajstić information content (AvgIpc) is 3.25. The van der Waals surface area contributed by atoms with Crippen molar-refractivity contribution in [2.24, 2.45) is 0 Å². The topological polar surface area (TPSA) is 113 Å². The maximum absolute atomic E-state index is 13.3. The lowest BCUT2D eigenvalue weighted by molar-refractivity contribution is -0.116. The van der Waals surface area contributed by atoms with E-state index in [9.17, 15) is 14.4 Å². The van der Waals surface area contributed by atoms with Gasteiger partial charge in [-0.05, 0) is 49.4 Å². The van der Waals surface area contributed by atoms with Gasteiger partial charge >= 0.3 is 0 Å². The number of nitrogens with one attached hydrogen (secondary N) is 1. The summed E-state index contributed by atoms with van der Waals surface area (Å²) >= 11 is 0. The standard InChI is InChI=1S/C28H23N3O6/c1-16-19-10-8-17(30-25(32)14-31-15-29-22-7-5-4-6-20(22)28(31)34)12-24(19)37-27(16)26(33)21-13-18(35-2)9-11-23(21)36-3/h4-13,15H,14H2,1-3H3,(H,30,32). The van der Waals surface area contributed by atoms with E-state index in [2.05, 4.69) is 10.3 Å². The molecule has 2 heterocycles. The molecule has 0 aliphatic rings. The number of aromatic nitrogens is 2. The first-order valence-electron chi connectivity index (χ1n) is 11.4. The van der Waals surface area contributed by atoms with Gasteiger partial charge in [-0.1, -0.05) is 12.1 Å². The summed E-state index contributed by atoms with van der Waals surface area (Å²) in [5.74, 6) is 0.330. The number of benzene rings is 3. The lowest BCUT2D eigenvalue weighted by Crippen LogP contribution is -2.27. The fraction of sp³-hybridized carbons (Fsp3) is 0.143. The number of nitrogens with zero attached hydrogens (tertiary/aromatic N) is 2. The maximum Gasteiger partial charge on any atom is 0.261 e. The highest BCUT2D eigenvalue weighted by Crippen LogP contribution is 2.32. The van der Waals surface area contributed by atoms with Gasteiger partial charge in [-0.2, -0.15) is 0 Å². The van der Waals surface area contributed by atoms with E-state index >= 15 is 0 Å². The first-order chi connectivity index (χ1) is 17.9. The van der Waals surface area contributed by atoms with E-state index in [-0.39, 0.29) is 23.6 Å². The van der Waals surface area contributed by atoms with Crippen LogP contribution in [0, 0.1) is 6.92 Å². The van der Waals surface area contributed by atoms with Gasteiger partial charge in [0.1, 0.15) is 23.6 Å². The Morgan fingerprint density at radius 2 is 1.81 bits per heavy atom. The Morgan fingerprint density at radius 1 is 1.00 bits per heavy atom. The summed E-state index contributed by atoms with van der Waals surface area (Å²) < 4.78 is 17.8. The molecular weight excluding hydrogens is 474 g/mol. The number of aryl methyl sites for hydroxylation is 1. The molecule has 1 N–H and O–H groups in total. The largest absolute Gasteiger partial charge is 0.497 e. The summed E-state index contributed by atoms with van der Waals surface area (Å²) in [6.07, 6.45) is 1.36. The van der Waals surface area contributed by atoms with Gasteiger partial charge in [-0.25, -0.2) is 4.98 Å². The molecule has 0 spiro atoms. The highest BCUT2D eigenvalue weighted by molar-refractivity contribution is 6.12. The number of fused-ring (bicyclic) bond motifs is 2. The molecule has 1 amide bonds. The smallest absolute Gasteiger partial charge is 0.261 e. The lowest BCUT2D eigenvalue weighted by atomic mass is 10.0. The zero-order valence-corrected chi connectivity index (χ0v) is 20.4. The number of rotatable bonds is 7. The van der Waals surface area contributed by atoms with Crippen molar-refractivity contribution in [3.63, 3.8) is 0 Å². The van der Waals surface area contributed by atoms with Crippen LogP contribution < -0.4 is 20.3 Å². The highest BCUT2D eigenvalue weighted by atomic mass is 16.5. The van der Waals surface area contributed by atoms with Gasteiger partial charge in [0, 0.05) is 22.7 Å². The summed E-state index contributed by atoms with van der Waals surface area (Å²) in [4.78, 5) is 42.9. The van der Waals surface area contributed by atoms with Gasteiger partial charge in [0.05, 0.1) is 37.0 Å². The second kappa shape index (κ2) is 9.62. The number of ether oxygens (including phenoxy) is 2. The molecular formula is C28H23N3O6. The molecule has 3 aromatic carbocycles. The third-order valence-corrected chi connectivity index (χ3v) is 6.12. The molecule has 0 bridgehead atoms. The molecule has 0 aliphatic heterocycles. The van der Waals surface area contributed by atoms with E-state index < -0.39 is 5.91 Å².